The molecule has 86 valence electrons. The Morgan fingerprint density at radius 3 is 2.00 bits per heavy atom. The number of piperidine rings is 1. The summed E-state index contributed by atoms with van der Waals surface area (Å²) in [4.78, 5) is 2.20. The molecular formula is C13H28KN. The van der Waals surface area contributed by atoms with Crippen LogP contribution in [-0.4, -0.2) is 18.0 Å². The van der Waals surface area contributed by atoms with Gasteiger partial charge in [0.05, 0.1) is 0 Å². The van der Waals surface area contributed by atoms with Crippen molar-refractivity contribution in [1.82, 2.24) is 4.90 Å². The van der Waals surface area contributed by atoms with E-state index < -0.39 is 0 Å². The van der Waals surface area contributed by atoms with Gasteiger partial charge in [0.15, 0.2) is 0 Å². The van der Waals surface area contributed by atoms with E-state index in [-0.39, 0.29) is 51.4 Å². The Labute approximate surface area is 140 Å². The van der Waals surface area contributed by atoms with Crippen molar-refractivity contribution in [2.45, 2.75) is 59.3 Å². The summed E-state index contributed by atoms with van der Waals surface area (Å²) >= 11 is 0. The molecule has 1 rings (SSSR count). The maximum absolute atomic E-state index is 3.95. The molecule has 1 aliphatic rings. The molecule has 0 atom stereocenters. The minimum Gasteiger partial charge on any atom is -0.459 e. The Hall–Kier alpha value is 1.60. The predicted octanol–water partition coefficient (Wildman–Crippen LogP) is 1.10. The second kappa shape index (κ2) is 13.7. The van der Waals surface area contributed by atoms with E-state index in [1.165, 1.54) is 51.6 Å². The molecule has 0 spiro atoms. The maximum atomic E-state index is 3.95. The fraction of sp³-hybridized carbons (Fsp3) is 0.923. The van der Waals surface area contributed by atoms with Gasteiger partial charge < -0.3 is 4.90 Å². The van der Waals surface area contributed by atoms with E-state index >= 15 is 0 Å². The van der Waals surface area contributed by atoms with Crippen LogP contribution in [0.4, 0.5) is 0 Å². The zero-order valence-electron chi connectivity index (χ0n) is 11.4. The van der Waals surface area contributed by atoms with Crippen LogP contribution in [0.15, 0.2) is 0 Å². The minimum absolute atomic E-state index is 0. The van der Waals surface area contributed by atoms with Crippen LogP contribution in [0.5, 0.6) is 0 Å². The van der Waals surface area contributed by atoms with Crippen molar-refractivity contribution >= 4 is 0 Å². The van der Waals surface area contributed by atoms with E-state index in [0.29, 0.717) is 0 Å². The molecule has 1 heterocycles. The summed E-state index contributed by atoms with van der Waals surface area (Å²) in [7, 11) is 3.95. The molecular weight excluding hydrogens is 209 g/mol. The normalized spacial score (nSPS) is 17.6. The van der Waals surface area contributed by atoms with Crippen molar-refractivity contribution in [3.05, 3.63) is 7.05 Å². The molecule has 0 aromatic heterocycles. The van der Waals surface area contributed by atoms with Crippen LogP contribution in [0.3, 0.4) is 0 Å². The predicted molar refractivity (Wildman–Crippen MR) is 65.1 cm³/mol. The summed E-state index contributed by atoms with van der Waals surface area (Å²) in [6, 6.07) is 0. The number of nitrogens with zero attached hydrogens (tertiary/aromatic N) is 1. The van der Waals surface area contributed by atoms with Crippen molar-refractivity contribution in [2.75, 3.05) is 13.1 Å². The van der Waals surface area contributed by atoms with Gasteiger partial charge >= 0.3 is 51.4 Å². The summed E-state index contributed by atoms with van der Waals surface area (Å²) in [5.41, 5.74) is 0. The number of likely N-dealkylation sites (tertiary alicyclic amines) is 1. The molecule has 1 aliphatic heterocycles. The first-order valence-electron chi connectivity index (χ1n) is 6.29. The number of hydrogen-bond donors (Lipinski definition) is 0. The standard InChI is InChI=1S/C10H20N.C3H8.K/c1-3-4-5-10-6-8-11(2)9-7-10;1-3-2;/h10H,2-9H2,1H3;3H2,1-2H3;/q-1;;+1. The van der Waals surface area contributed by atoms with Crippen LogP contribution in [0.1, 0.15) is 59.3 Å². The Morgan fingerprint density at radius 2 is 1.60 bits per heavy atom. The molecule has 0 amide bonds. The first kappa shape index (κ1) is 18.9. The average molecular weight is 237 g/mol. The topological polar surface area (TPSA) is 3.24 Å². The average Bonchev–Trinajstić information content (AvgIpc) is 2.18. The molecule has 0 saturated carbocycles. The van der Waals surface area contributed by atoms with Crippen molar-refractivity contribution < 1.29 is 51.4 Å². The summed E-state index contributed by atoms with van der Waals surface area (Å²) in [5.74, 6) is 1.01. The fourth-order valence-corrected chi connectivity index (χ4v) is 1.77. The third kappa shape index (κ3) is 11.9. The van der Waals surface area contributed by atoms with Crippen LogP contribution in [-0.2, 0) is 0 Å². The van der Waals surface area contributed by atoms with Gasteiger partial charge in [0.1, 0.15) is 0 Å². The van der Waals surface area contributed by atoms with Gasteiger partial charge in [-0.15, -0.1) is 0 Å². The zero-order chi connectivity index (χ0) is 10.8. The molecule has 0 radical (unpaired) electrons. The Kier molecular flexibility index (Phi) is 17.3. The molecule has 1 nitrogen and oxygen atoms in total. The second-order valence-electron chi connectivity index (χ2n) is 4.41. The van der Waals surface area contributed by atoms with Crippen molar-refractivity contribution in [3.63, 3.8) is 0 Å². The number of hydrogen-bond acceptors (Lipinski definition) is 1. The van der Waals surface area contributed by atoms with Gasteiger partial charge in [-0.2, -0.15) is 0 Å². The third-order valence-corrected chi connectivity index (χ3v) is 2.67. The first-order valence-corrected chi connectivity index (χ1v) is 6.29. The van der Waals surface area contributed by atoms with Crippen molar-refractivity contribution in [3.8, 4) is 0 Å². The third-order valence-electron chi connectivity index (χ3n) is 2.67. The van der Waals surface area contributed by atoms with Gasteiger partial charge in [0, 0.05) is 0 Å². The molecule has 2 heteroatoms. The van der Waals surface area contributed by atoms with E-state index in [4.69, 9.17) is 0 Å². The minimum atomic E-state index is 0. The van der Waals surface area contributed by atoms with Crippen LogP contribution < -0.4 is 51.4 Å². The molecule has 1 fully saturated rings. The Balaban J connectivity index is 0. The smallest absolute Gasteiger partial charge is 0.459 e. The number of unbranched alkanes of at least 4 members (excludes halogenated alkanes) is 1. The molecule has 15 heavy (non-hydrogen) atoms. The monoisotopic (exact) mass is 237 g/mol. The summed E-state index contributed by atoms with van der Waals surface area (Å²) in [5, 5.41) is 0. The molecule has 1 saturated heterocycles. The van der Waals surface area contributed by atoms with Gasteiger partial charge in [-0.3, -0.25) is 7.05 Å². The Bertz CT molecular complexity index is 106. The van der Waals surface area contributed by atoms with Crippen LogP contribution in [0, 0.1) is 13.0 Å². The molecule has 0 aromatic carbocycles. The quantitative estimate of drug-likeness (QED) is 0.525. The largest absolute Gasteiger partial charge is 1.00 e. The molecule has 0 bridgehead atoms. The summed E-state index contributed by atoms with van der Waals surface area (Å²) in [6.45, 7) is 8.96. The summed E-state index contributed by atoms with van der Waals surface area (Å²) in [6.07, 6.45) is 8.23. The van der Waals surface area contributed by atoms with Gasteiger partial charge in [-0.25, -0.2) is 0 Å². The van der Waals surface area contributed by atoms with Gasteiger partial charge in [-0.05, 0) is 31.8 Å². The fourth-order valence-electron chi connectivity index (χ4n) is 1.77. The zero-order valence-corrected chi connectivity index (χ0v) is 14.5. The van der Waals surface area contributed by atoms with E-state index in [9.17, 15) is 0 Å². The van der Waals surface area contributed by atoms with E-state index in [1.807, 2.05) is 0 Å². The van der Waals surface area contributed by atoms with Gasteiger partial charge in [0.25, 0.3) is 0 Å². The van der Waals surface area contributed by atoms with Crippen molar-refractivity contribution in [2.24, 2.45) is 5.92 Å². The maximum Gasteiger partial charge on any atom is 1.00 e. The van der Waals surface area contributed by atoms with Crippen LogP contribution in [0.2, 0.25) is 0 Å². The van der Waals surface area contributed by atoms with E-state index in [1.54, 1.807) is 0 Å². The molecule has 0 unspecified atom stereocenters. The van der Waals surface area contributed by atoms with Gasteiger partial charge in [-0.1, -0.05) is 46.5 Å². The molecule has 0 aromatic rings. The van der Waals surface area contributed by atoms with Crippen LogP contribution >= 0.6 is 0 Å². The van der Waals surface area contributed by atoms with Gasteiger partial charge in [0.2, 0.25) is 0 Å². The van der Waals surface area contributed by atoms with E-state index in [0.717, 1.165) is 5.92 Å². The Morgan fingerprint density at radius 1 is 1.13 bits per heavy atom. The van der Waals surface area contributed by atoms with Crippen molar-refractivity contribution in [1.29, 1.82) is 0 Å². The van der Waals surface area contributed by atoms with Crippen LogP contribution in [0.25, 0.3) is 0 Å². The molecule has 0 aliphatic carbocycles. The SMILES string of the molecule is CCC.[CH2-]N1CCC(CCCC)CC1.[K+]. The summed E-state index contributed by atoms with van der Waals surface area (Å²) < 4.78 is 0. The second-order valence-corrected chi connectivity index (χ2v) is 4.41. The first-order chi connectivity index (χ1) is 6.74. The van der Waals surface area contributed by atoms with E-state index in [2.05, 4.69) is 32.7 Å². The number of rotatable bonds is 3. The molecule has 0 N–H and O–H groups in total.